The highest BCUT2D eigenvalue weighted by atomic mass is 32.2. The van der Waals surface area contributed by atoms with Gasteiger partial charge < -0.3 is 20.5 Å². The number of benzene rings is 1. The molecule has 1 saturated heterocycles. The number of aromatic nitrogens is 1. The van der Waals surface area contributed by atoms with Gasteiger partial charge in [0.1, 0.15) is 17.1 Å². The van der Waals surface area contributed by atoms with Gasteiger partial charge in [-0.3, -0.25) is 4.79 Å². The van der Waals surface area contributed by atoms with Crippen molar-refractivity contribution in [2.24, 2.45) is 16.1 Å². The Bertz CT molecular complexity index is 1050. The predicted octanol–water partition coefficient (Wildman–Crippen LogP) is 2.91. The number of hydrogen-bond acceptors (Lipinski definition) is 7. The van der Waals surface area contributed by atoms with Crippen molar-refractivity contribution in [2.75, 3.05) is 31.4 Å². The van der Waals surface area contributed by atoms with E-state index in [0.29, 0.717) is 17.5 Å². The van der Waals surface area contributed by atoms with E-state index in [9.17, 15) is 13.6 Å². The van der Waals surface area contributed by atoms with Crippen LogP contribution in [0, 0.1) is 17.0 Å². The second kappa shape index (κ2) is 7.51. The van der Waals surface area contributed by atoms with Crippen molar-refractivity contribution in [2.45, 2.75) is 12.5 Å². The van der Waals surface area contributed by atoms with Gasteiger partial charge in [0.05, 0.1) is 26.5 Å². The first-order chi connectivity index (χ1) is 14.3. The maximum atomic E-state index is 14.9. The molecule has 1 aromatic heterocycles. The molecule has 0 saturated carbocycles. The average Bonchev–Trinajstić information content (AvgIpc) is 3.06. The number of carbonyl (C=O) groups is 1. The topological polar surface area (TPSA) is 98.8 Å². The summed E-state index contributed by atoms with van der Waals surface area (Å²) < 4.78 is 39.7. The Hall–Kier alpha value is -2.72. The summed E-state index contributed by atoms with van der Waals surface area (Å²) in [5.74, 6) is -1.26. The van der Waals surface area contributed by atoms with Gasteiger partial charge in [0.15, 0.2) is 16.7 Å². The summed E-state index contributed by atoms with van der Waals surface area (Å²) >= 11 is 1.40. The molecule has 1 aromatic carbocycles. The number of rotatable bonds is 4. The number of ether oxygens (including phenoxy) is 2. The van der Waals surface area contributed by atoms with Crippen LogP contribution < -0.4 is 15.8 Å². The lowest BCUT2D eigenvalue weighted by Crippen LogP contribution is -2.48. The van der Waals surface area contributed by atoms with Crippen molar-refractivity contribution in [3.05, 3.63) is 53.4 Å². The van der Waals surface area contributed by atoms with Crippen LogP contribution in [0.5, 0.6) is 5.75 Å². The molecule has 30 heavy (non-hydrogen) atoms. The Balaban J connectivity index is 1.69. The Morgan fingerprint density at radius 3 is 2.83 bits per heavy atom. The lowest BCUT2D eigenvalue weighted by molar-refractivity contribution is 0.101. The summed E-state index contributed by atoms with van der Waals surface area (Å²) in [6, 6.07) is 5.19. The Morgan fingerprint density at radius 1 is 1.30 bits per heavy atom. The van der Waals surface area contributed by atoms with Crippen molar-refractivity contribution < 1.29 is 23.0 Å². The van der Waals surface area contributed by atoms with Gasteiger partial charge >= 0.3 is 0 Å². The van der Waals surface area contributed by atoms with Crippen LogP contribution >= 0.6 is 11.8 Å². The van der Waals surface area contributed by atoms with E-state index in [1.165, 1.54) is 43.3 Å². The SMILES string of the molecule is COc1cnc(C(=O)Nc2ccc(F)c(C34COCC3(C)CSC(N)=N4)c2)c(F)c1. The minimum Gasteiger partial charge on any atom is -0.495 e. The van der Waals surface area contributed by atoms with E-state index >= 15 is 0 Å². The number of fused-ring (bicyclic) bond motifs is 1. The molecule has 4 rings (SSSR count). The van der Waals surface area contributed by atoms with E-state index < -0.39 is 34.2 Å². The number of carbonyl (C=O) groups excluding carboxylic acids is 1. The van der Waals surface area contributed by atoms with Crippen LogP contribution in [0.3, 0.4) is 0 Å². The fourth-order valence-corrected chi connectivity index (χ4v) is 4.78. The molecule has 10 heteroatoms. The number of thioether (sulfide) groups is 1. The Labute approximate surface area is 176 Å². The lowest BCUT2D eigenvalue weighted by Gasteiger charge is -2.42. The molecule has 3 N–H and O–H groups in total. The summed E-state index contributed by atoms with van der Waals surface area (Å²) in [6.07, 6.45) is 1.24. The maximum absolute atomic E-state index is 14.9. The lowest BCUT2D eigenvalue weighted by atomic mass is 9.70. The van der Waals surface area contributed by atoms with E-state index in [1.807, 2.05) is 6.92 Å². The van der Waals surface area contributed by atoms with Crippen molar-refractivity contribution in [3.63, 3.8) is 0 Å². The molecule has 7 nitrogen and oxygen atoms in total. The van der Waals surface area contributed by atoms with Crippen LogP contribution in [-0.4, -0.2) is 42.1 Å². The molecule has 2 aliphatic heterocycles. The Kier molecular flexibility index (Phi) is 5.15. The number of hydrogen-bond donors (Lipinski definition) is 2. The number of methoxy groups -OCH3 is 1. The minimum atomic E-state index is -1.00. The van der Waals surface area contributed by atoms with Gasteiger partial charge in [0.25, 0.3) is 5.91 Å². The molecule has 3 heterocycles. The first-order valence-corrected chi connectivity index (χ1v) is 10.1. The molecule has 0 bridgehead atoms. The van der Waals surface area contributed by atoms with Crippen molar-refractivity contribution >= 4 is 28.5 Å². The number of nitrogens with one attached hydrogen (secondary N) is 1. The van der Waals surface area contributed by atoms with Gasteiger partial charge in [-0.05, 0) is 18.2 Å². The summed E-state index contributed by atoms with van der Waals surface area (Å²) in [7, 11) is 1.37. The molecule has 0 aliphatic carbocycles. The van der Waals surface area contributed by atoms with Crippen molar-refractivity contribution in [1.82, 2.24) is 4.98 Å². The van der Waals surface area contributed by atoms with E-state index in [2.05, 4.69) is 15.3 Å². The monoisotopic (exact) mass is 434 g/mol. The highest BCUT2D eigenvalue weighted by Gasteiger charge is 2.57. The van der Waals surface area contributed by atoms with E-state index in [0.717, 1.165) is 6.07 Å². The number of amides is 1. The number of halogens is 2. The third kappa shape index (κ3) is 3.29. The molecule has 2 aliphatic rings. The summed E-state index contributed by atoms with van der Waals surface area (Å²) in [4.78, 5) is 20.9. The van der Waals surface area contributed by atoms with E-state index in [-0.39, 0.29) is 23.6 Å². The standard InChI is InChI=1S/C20H20F2N4O3S/c1-19-8-29-9-20(19,26-18(23)30-10-19)13-5-11(3-4-14(13)21)25-17(27)16-15(22)6-12(28-2)7-24-16/h3-7H,8-10H2,1-2H3,(H2,23,26)(H,25,27). The summed E-state index contributed by atoms with van der Waals surface area (Å²) in [5.41, 5.74) is 4.65. The van der Waals surface area contributed by atoms with Gasteiger partial charge in [-0.25, -0.2) is 18.8 Å². The highest BCUT2D eigenvalue weighted by Crippen LogP contribution is 2.53. The zero-order valence-electron chi connectivity index (χ0n) is 16.4. The zero-order chi connectivity index (χ0) is 21.5. The number of amidine groups is 1. The first kappa shape index (κ1) is 20.5. The number of anilines is 1. The first-order valence-electron chi connectivity index (χ1n) is 9.15. The van der Waals surface area contributed by atoms with Gasteiger partial charge in [-0.2, -0.15) is 0 Å². The fraction of sp³-hybridized carbons (Fsp3) is 0.350. The van der Waals surface area contributed by atoms with Crippen LogP contribution in [0.2, 0.25) is 0 Å². The quantitative estimate of drug-likeness (QED) is 0.768. The largest absolute Gasteiger partial charge is 0.495 e. The molecular weight excluding hydrogens is 414 g/mol. The van der Waals surface area contributed by atoms with Crippen LogP contribution in [-0.2, 0) is 10.3 Å². The molecule has 1 fully saturated rings. The van der Waals surface area contributed by atoms with Crippen LogP contribution in [0.25, 0.3) is 0 Å². The van der Waals surface area contributed by atoms with Crippen LogP contribution in [0.4, 0.5) is 14.5 Å². The zero-order valence-corrected chi connectivity index (χ0v) is 17.2. The van der Waals surface area contributed by atoms with E-state index in [1.54, 1.807) is 0 Å². The average molecular weight is 434 g/mol. The number of pyridine rings is 1. The molecule has 2 atom stereocenters. The molecule has 2 aromatic rings. The van der Waals surface area contributed by atoms with Gasteiger partial charge in [-0.1, -0.05) is 18.7 Å². The second-order valence-electron chi connectivity index (χ2n) is 7.51. The second-order valence-corrected chi connectivity index (χ2v) is 8.50. The summed E-state index contributed by atoms with van der Waals surface area (Å²) in [5, 5.41) is 2.93. The van der Waals surface area contributed by atoms with Crippen molar-refractivity contribution in [3.8, 4) is 5.75 Å². The van der Waals surface area contributed by atoms with Gasteiger partial charge in [0.2, 0.25) is 0 Å². The van der Waals surface area contributed by atoms with E-state index in [4.69, 9.17) is 15.2 Å². The molecule has 0 spiro atoms. The molecular formula is C20H20F2N4O3S. The smallest absolute Gasteiger partial charge is 0.277 e. The number of aliphatic imine (C=N–C) groups is 1. The van der Waals surface area contributed by atoms with Crippen LogP contribution in [0.1, 0.15) is 23.0 Å². The third-order valence-corrected chi connectivity index (χ3v) is 6.67. The molecule has 1 amide bonds. The predicted molar refractivity (Wildman–Crippen MR) is 110 cm³/mol. The highest BCUT2D eigenvalue weighted by molar-refractivity contribution is 8.13. The molecule has 2 unspecified atom stereocenters. The molecule has 158 valence electrons. The Morgan fingerprint density at radius 2 is 2.10 bits per heavy atom. The van der Waals surface area contributed by atoms with Crippen LogP contribution in [0.15, 0.2) is 35.5 Å². The maximum Gasteiger partial charge on any atom is 0.277 e. The number of nitrogens with two attached hydrogens (primary N) is 1. The van der Waals surface area contributed by atoms with Gasteiger partial charge in [-0.15, -0.1) is 0 Å². The molecule has 0 radical (unpaired) electrons. The fourth-order valence-electron chi connectivity index (χ4n) is 3.77. The normalized spacial score (nSPS) is 25.4. The minimum absolute atomic E-state index is 0.174. The van der Waals surface area contributed by atoms with Gasteiger partial charge in [0, 0.05) is 28.5 Å². The number of nitrogens with zero attached hydrogens (tertiary/aromatic N) is 2. The third-order valence-electron chi connectivity index (χ3n) is 5.51. The summed E-state index contributed by atoms with van der Waals surface area (Å²) in [6.45, 7) is 2.56. The van der Waals surface area contributed by atoms with Crippen molar-refractivity contribution in [1.29, 1.82) is 0 Å².